The van der Waals surface area contributed by atoms with Crippen molar-refractivity contribution in [3.05, 3.63) is 65.0 Å². The molecule has 2 aromatic carbocycles. The van der Waals surface area contributed by atoms with E-state index in [0.29, 0.717) is 57.1 Å². The Labute approximate surface area is 201 Å². The predicted octanol–water partition coefficient (Wildman–Crippen LogP) is 4.65. The number of benzene rings is 2. The molecule has 5 nitrogen and oxygen atoms in total. The van der Waals surface area contributed by atoms with Crippen LogP contribution in [0.2, 0.25) is 0 Å². The molecule has 35 heavy (non-hydrogen) atoms. The van der Waals surface area contributed by atoms with Crippen LogP contribution in [0.4, 0.5) is 23.2 Å². The molecule has 2 aliphatic heterocycles. The number of alkyl halides is 3. The van der Waals surface area contributed by atoms with E-state index >= 15 is 0 Å². The lowest BCUT2D eigenvalue weighted by molar-refractivity contribution is -0.138. The van der Waals surface area contributed by atoms with E-state index in [2.05, 4.69) is 0 Å². The van der Waals surface area contributed by atoms with Crippen molar-refractivity contribution in [3.8, 4) is 6.07 Å². The Morgan fingerprint density at radius 2 is 2.00 bits per heavy atom. The summed E-state index contributed by atoms with van der Waals surface area (Å²) >= 11 is 0. The van der Waals surface area contributed by atoms with Crippen LogP contribution in [-0.4, -0.2) is 50.2 Å². The Kier molecular flexibility index (Phi) is 7.04. The van der Waals surface area contributed by atoms with Gasteiger partial charge in [-0.1, -0.05) is 18.2 Å². The van der Waals surface area contributed by atoms with E-state index in [9.17, 15) is 22.4 Å². The lowest BCUT2D eigenvalue weighted by Gasteiger charge is -2.43. The number of likely N-dealkylation sites (tertiary alicyclic amines) is 1. The Morgan fingerprint density at radius 1 is 1.23 bits per heavy atom. The van der Waals surface area contributed by atoms with E-state index in [-0.39, 0.29) is 23.7 Å². The third kappa shape index (κ3) is 5.13. The van der Waals surface area contributed by atoms with E-state index in [1.807, 2.05) is 11.8 Å². The SMILES string of the molecule is CCOCC12CCN(C(=O)Cc3ccccc3F)CC1CN(c1ccc(C#N)c(C(F)(F)F)c1)C2. The van der Waals surface area contributed by atoms with Gasteiger partial charge < -0.3 is 14.5 Å². The number of hydrogen-bond donors (Lipinski definition) is 0. The van der Waals surface area contributed by atoms with Crippen molar-refractivity contribution >= 4 is 11.6 Å². The molecule has 2 aromatic rings. The highest BCUT2D eigenvalue weighted by molar-refractivity contribution is 5.79. The average molecular weight is 490 g/mol. The fourth-order valence-corrected chi connectivity index (χ4v) is 5.22. The van der Waals surface area contributed by atoms with E-state index in [0.717, 1.165) is 6.07 Å². The van der Waals surface area contributed by atoms with Crippen LogP contribution in [0.15, 0.2) is 42.5 Å². The number of carbonyl (C=O) groups is 1. The zero-order valence-electron chi connectivity index (χ0n) is 19.4. The normalized spacial score (nSPS) is 22.1. The van der Waals surface area contributed by atoms with Crippen LogP contribution in [0.3, 0.4) is 0 Å². The Morgan fingerprint density at radius 3 is 2.69 bits per heavy atom. The minimum absolute atomic E-state index is 0.0163. The summed E-state index contributed by atoms with van der Waals surface area (Å²) in [6.45, 7) is 4.71. The van der Waals surface area contributed by atoms with Gasteiger partial charge in [0.1, 0.15) is 5.82 Å². The molecule has 0 aromatic heterocycles. The van der Waals surface area contributed by atoms with Crippen molar-refractivity contribution < 1.29 is 27.1 Å². The second kappa shape index (κ2) is 9.86. The maximum absolute atomic E-state index is 14.0. The molecular weight excluding hydrogens is 462 g/mol. The molecule has 2 atom stereocenters. The van der Waals surface area contributed by atoms with Gasteiger partial charge in [0.25, 0.3) is 0 Å². The highest BCUT2D eigenvalue weighted by Crippen LogP contribution is 2.45. The molecule has 1 amide bonds. The zero-order chi connectivity index (χ0) is 25.2. The van der Waals surface area contributed by atoms with Gasteiger partial charge in [-0.25, -0.2) is 4.39 Å². The van der Waals surface area contributed by atoms with Crippen molar-refractivity contribution in [2.24, 2.45) is 11.3 Å². The van der Waals surface area contributed by atoms with E-state index < -0.39 is 23.1 Å². The monoisotopic (exact) mass is 489 g/mol. The first-order chi connectivity index (χ1) is 16.7. The quantitative estimate of drug-likeness (QED) is 0.555. The maximum atomic E-state index is 14.0. The average Bonchev–Trinajstić information content (AvgIpc) is 3.22. The number of hydrogen-bond acceptors (Lipinski definition) is 4. The number of ether oxygens (including phenoxy) is 1. The van der Waals surface area contributed by atoms with Gasteiger partial charge in [0.05, 0.1) is 30.2 Å². The molecule has 2 aliphatic rings. The minimum Gasteiger partial charge on any atom is -0.381 e. The number of rotatable bonds is 6. The van der Waals surface area contributed by atoms with Gasteiger partial charge in [0.2, 0.25) is 5.91 Å². The third-order valence-corrected chi connectivity index (χ3v) is 7.17. The van der Waals surface area contributed by atoms with E-state index in [4.69, 9.17) is 10.00 Å². The molecule has 0 aliphatic carbocycles. The van der Waals surface area contributed by atoms with Crippen molar-refractivity contribution in [1.82, 2.24) is 4.90 Å². The zero-order valence-corrected chi connectivity index (χ0v) is 19.4. The van der Waals surface area contributed by atoms with Gasteiger partial charge in [-0.2, -0.15) is 18.4 Å². The molecule has 2 fully saturated rings. The highest BCUT2D eigenvalue weighted by Gasteiger charge is 2.50. The maximum Gasteiger partial charge on any atom is 0.417 e. The first kappa shape index (κ1) is 25.0. The number of fused-ring (bicyclic) bond motifs is 1. The third-order valence-electron chi connectivity index (χ3n) is 7.17. The van der Waals surface area contributed by atoms with E-state index in [1.165, 1.54) is 12.1 Å². The van der Waals surface area contributed by atoms with Crippen molar-refractivity contribution in [2.45, 2.75) is 25.9 Å². The van der Waals surface area contributed by atoms with Gasteiger partial charge in [0, 0.05) is 49.8 Å². The van der Waals surface area contributed by atoms with Crippen LogP contribution < -0.4 is 4.90 Å². The molecule has 4 rings (SSSR count). The molecular formula is C26H27F4N3O2. The Bertz CT molecular complexity index is 1130. The summed E-state index contributed by atoms with van der Waals surface area (Å²) in [6, 6.07) is 11.6. The summed E-state index contributed by atoms with van der Waals surface area (Å²) in [5.41, 5.74) is -0.934. The van der Waals surface area contributed by atoms with Crippen LogP contribution in [0, 0.1) is 28.5 Å². The van der Waals surface area contributed by atoms with Gasteiger partial charge in [-0.15, -0.1) is 0 Å². The molecule has 0 radical (unpaired) electrons. The Balaban J connectivity index is 1.55. The molecule has 0 bridgehead atoms. The molecule has 0 saturated carbocycles. The molecule has 9 heteroatoms. The van der Waals surface area contributed by atoms with Gasteiger partial charge in [-0.3, -0.25) is 4.79 Å². The number of piperidine rings is 1. The van der Waals surface area contributed by atoms with Crippen LogP contribution in [0.1, 0.15) is 30.0 Å². The smallest absolute Gasteiger partial charge is 0.381 e. The standard InChI is InChI=1S/C26H27F4N3O2/c1-2-35-17-25-9-10-32(24(34)11-18-5-3-4-6-23(18)27)14-20(25)15-33(16-25)21-8-7-19(13-31)22(12-21)26(28,29)30/h3-8,12,20H,2,9-11,14-17H2,1H3. The van der Waals surface area contributed by atoms with Gasteiger partial charge in [0.15, 0.2) is 0 Å². The minimum atomic E-state index is -4.63. The number of nitriles is 1. The fourth-order valence-electron chi connectivity index (χ4n) is 5.22. The Hall–Kier alpha value is -3.12. The molecule has 0 spiro atoms. The number of nitrogens with zero attached hydrogens (tertiary/aromatic N) is 3. The number of carbonyl (C=O) groups excluding carboxylic acids is 1. The lowest BCUT2D eigenvalue weighted by Crippen LogP contribution is -2.51. The number of amides is 1. The van der Waals surface area contributed by atoms with Crippen molar-refractivity contribution in [3.63, 3.8) is 0 Å². The largest absolute Gasteiger partial charge is 0.417 e. The highest BCUT2D eigenvalue weighted by atomic mass is 19.4. The van der Waals surface area contributed by atoms with E-state index in [1.54, 1.807) is 35.2 Å². The summed E-state index contributed by atoms with van der Waals surface area (Å²) in [4.78, 5) is 16.6. The predicted molar refractivity (Wildman–Crippen MR) is 122 cm³/mol. The summed E-state index contributed by atoms with van der Waals surface area (Å²) < 4.78 is 60.4. The lowest BCUT2D eigenvalue weighted by atomic mass is 9.73. The molecule has 2 heterocycles. The number of anilines is 1. The first-order valence-electron chi connectivity index (χ1n) is 11.6. The summed E-state index contributed by atoms with van der Waals surface area (Å²) in [5.74, 6) is -0.606. The number of halogens is 4. The summed E-state index contributed by atoms with van der Waals surface area (Å²) in [6.07, 6.45) is -4.03. The summed E-state index contributed by atoms with van der Waals surface area (Å²) in [5, 5.41) is 9.11. The van der Waals surface area contributed by atoms with Crippen molar-refractivity contribution in [2.75, 3.05) is 44.3 Å². The summed E-state index contributed by atoms with van der Waals surface area (Å²) in [7, 11) is 0. The first-order valence-corrected chi connectivity index (χ1v) is 11.6. The topological polar surface area (TPSA) is 56.6 Å². The van der Waals surface area contributed by atoms with Crippen LogP contribution in [0.25, 0.3) is 0 Å². The van der Waals surface area contributed by atoms with Gasteiger partial charge in [-0.05, 0) is 43.2 Å². The molecule has 2 saturated heterocycles. The fraction of sp³-hybridized carbons (Fsp3) is 0.462. The molecule has 186 valence electrons. The van der Waals surface area contributed by atoms with Crippen LogP contribution in [-0.2, 0) is 22.1 Å². The van der Waals surface area contributed by atoms with Crippen molar-refractivity contribution in [1.29, 1.82) is 5.26 Å². The van der Waals surface area contributed by atoms with Crippen LogP contribution in [0.5, 0.6) is 0 Å². The molecule has 2 unspecified atom stereocenters. The second-order valence-electron chi connectivity index (χ2n) is 9.27. The van der Waals surface area contributed by atoms with Crippen LogP contribution >= 0.6 is 0 Å². The molecule has 0 N–H and O–H groups in total. The second-order valence-corrected chi connectivity index (χ2v) is 9.27. The van der Waals surface area contributed by atoms with Gasteiger partial charge >= 0.3 is 6.18 Å².